The molecule has 1 amide bonds. The summed E-state index contributed by atoms with van der Waals surface area (Å²) in [5, 5.41) is 3.00. The van der Waals surface area contributed by atoms with Crippen LogP contribution in [0, 0.1) is 6.92 Å². The SMILES string of the molecule is Cc1ccc(-n2ccnc2)nc1C(=O)N[C@@H]1CCCOC1. The number of imidazole rings is 1. The molecule has 0 aromatic carbocycles. The minimum absolute atomic E-state index is 0.0735. The highest BCUT2D eigenvalue weighted by molar-refractivity contribution is 5.94. The fourth-order valence-corrected chi connectivity index (χ4v) is 2.40. The van der Waals surface area contributed by atoms with Gasteiger partial charge in [-0.25, -0.2) is 9.97 Å². The molecule has 2 aromatic heterocycles. The molecule has 110 valence electrons. The number of hydrogen-bond acceptors (Lipinski definition) is 4. The summed E-state index contributed by atoms with van der Waals surface area (Å²) in [5.74, 6) is 0.535. The van der Waals surface area contributed by atoms with Gasteiger partial charge in [0.15, 0.2) is 0 Å². The Balaban J connectivity index is 1.80. The van der Waals surface area contributed by atoms with Crippen molar-refractivity contribution in [1.82, 2.24) is 19.9 Å². The Morgan fingerprint density at radius 2 is 2.38 bits per heavy atom. The van der Waals surface area contributed by atoms with E-state index in [0.29, 0.717) is 18.1 Å². The summed E-state index contributed by atoms with van der Waals surface area (Å²) in [4.78, 5) is 20.8. The summed E-state index contributed by atoms with van der Waals surface area (Å²) in [6.45, 7) is 3.24. The normalized spacial score (nSPS) is 18.4. The number of aryl methyl sites for hydroxylation is 1. The third kappa shape index (κ3) is 3.11. The van der Waals surface area contributed by atoms with E-state index in [4.69, 9.17) is 4.74 Å². The molecular formula is C15H18N4O2. The molecule has 21 heavy (non-hydrogen) atoms. The topological polar surface area (TPSA) is 69.0 Å². The Bertz CT molecular complexity index is 619. The van der Waals surface area contributed by atoms with Gasteiger partial charge in [-0.2, -0.15) is 0 Å². The molecule has 0 saturated carbocycles. The highest BCUT2D eigenvalue weighted by Gasteiger charge is 2.19. The van der Waals surface area contributed by atoms with Gasteiger partial charge in [0, 0.05) is 19.0 Å². The van der Waals surface area contributed by atoms with Gasteiger partial charge < -0.3 is 10.1 Å². The Kier molecular flexibility index (Phi) is 3.96. The molecule has 3 rings (SSSR count). The van der Waals surface area contributed by atoms with Gasteiger partial charge in [-0.05, 0) is 31.4 Å². The highest BCUT2D eigenvalue weighted by Crippen LogP contribution is 2.12. The maximum atomic E-state index is 12.4. The van der Waals surface area contributed by atoms with Crippen LogP contribution >= 0.6 is 0 Å². The first-order chi connectivity index (χ1) is 10.2. The van der Waals surface area contributed by atoms with Gasteiger partial charge >= 0.3 is 0 Å². The van der Waals surface area contributed by atoms with Gasteiger partial charge in [0.2, 0.25) is 0 Å². The molecular weight excluding hydrogens is 268 g/mol. The van der Waals surface area contributed by atoms with Crippen LogP contribution in [0.25, 0.3) is 5.82 Å². The van der Waals surface area contributed by atoms with Crippen molar-refractivity contribution in [1.29, 1.82) is 0 Å². The fraction of sp³-hybridized carbons (Fsp3) is 0.400. The third-order valence-electron chi connectivity index (χ3n) is 3.56. The lowest BCUT2D eigenvalue weighted by Crippen LogP contribution is -2.41. The van der Waals surface area contributed by atoms with E-state index in [1.807, 2.05) is 19.1 Å². The summed E-state index contributed by atoms with van der Waals surface area (Å²) < 4.78 is 7.16. The Labute approximate surface area is 123 Å². The van der Waals surface area contributed by atoms with Crippen molar-refractivity contribution in [3.8, 4) is 5.82 Å². The van der Waals surface area contributed by atoms with E-state index in [2.05, 4.69) is 15.3 Å². The third-order valence-corrected chi connectivity index (χ3v) is 3.56. The quantitative estimate of drug-likeness (QED) is 0.928. The predicted octanol–water partition coefficient (Wildman–Crippen LogP) is 1.48. The number of carbonyl (C=O) groups excluding carboxylic acids is 1. The smallest absolute Gasteiger partial charge is 0.270 e. The molecule has 0 unspecified atom stereocenters. The number of hydrogen-bond donors (Lipinski definition) is 1. The molecule has 0 bridgehead atoms. The Morgan fingerprint density at radius 1 is 1.48 bits per heavy atom. The van der Waals surface area contributed by atoms with E-state index in [-0.39, 0.29) is 11.9 Å². The molecule has 1 saturated heterocycles. The molecule has 6 heteroatoms. The molecule has 1 fully saturated rings. The molecule has 0 radical (unpaired) electrons. The zero-order valence-electron chi connectivity index (χ0n) is 12.0. The van der Waals surface area contributed by atoms with E-state index in [1.165, 1.54) is 0 Å². The highest BCUT2D eigenvalue weighted by atomic mass is 16.5. The molecule has 1 aliphatic heterocycles. The number of amides is 1. The van der Waals surface area contributed by atoms with Crippen molar-refractivity contribution in [3.05, 3.63) is 42.1 Å². The van der Waals surface area contributed by atoms with Crippen LogP contribution in [-0.4, -0.2) is 39.7 Å². The largest absolute Gasteiger partial charge is 0.379 e. The number of pyridine rings is 1. The van der Waals surface area contributed by atoms with Crippen molar-refractivity contribution in [3.63, 3.8) is 0 Å². The van der Waals surface area contributed by atoms with Crippen molar-refractivity contribution < 1.29 is 9.53 Å². The van der Waals surface area contributed by atoms with Crippen LogP contribution in [-0.2, 0) is 4.74 Å². The second kappa shape index (κ2) is 6.05. The van der Waals surface area contributed by atoms with Gasteiger partial charge in [-0.15, -0.1) is 0 Å². The van der Waals surface area contributed by atoms with E-state index < -0.39 is 0 Å². The number of nitrogens with zero attached hydrogens (tertiary/aromatic N) is 3. The summed E-state index contributed by atoms with van der Waals surface area (Å²) in [5.41, 5.74) is 1.31. The average Bonchev–Trinajstić information content (AvgIpc) is 3.03. The van der Waals surface area contributed by atoms with Crippen molar-refractivity contribution in [2.24, 2.45) is 0 Å². The monoisotopic (exact) mass is 286 g/mol. The zero-order valence-corrected chi connectivity index (χ0v) is 12.0. The lowest BCUT2D eigenvalue weighted by Gasteiger charge is -2.23. The number of carbonyl (C=O) groups is 1. The Morgan fingerprint density at radius 3 is 3.10 bits per heavy atom. The van der Waals surface area contributed by atoms with Gasteiger partial charge in [-0.3, -0.25) is 9.36 Å². The van der Waals surface area contributed by atoms with E-state index in [9.17, 15) is 4.79 Å². The van der Waals surface area contributed by atoms with Crippen LogP contribution in [0.15, 0.2) is 30.9 Å². The molecule has 0 spiro atoms. The van der Waals surface area contributed by atoms with Gasteiger partial charge in [0.1, 0.15) is 17.8 Å². The van der Waals surface area contributed by atoms with Crippen molar-refractivity contribution in [2.75, 3.05) is 13.2 Å². The Hall–Kier alpha value is -2.21. The summed E-state index contributed by atoms with van der Waals surface area (Å²) in [6, 6.07) is 3.84. The lowest BCUT2D eigenvalue weighted by molar-refractivity contribution is 0.0621. The van der Waals surface area contributed by atoms with Crippen LogP contribution in [0.2, 0.25) is 0 Å². The number of aromatic nitrogens is 3. The summed E-state index contributed by atoms with van der Waals surface area (Å²) in [7, 11) is 0. The van der Waals surface area contributed by atoms with Crippen LogP contribution < -0.4 is 5.32 Å². The first-order valence-electron chi connectivity index (χ1n) is 7.08. The molecule has 2 aromatic rings. The fourth-order valence-electron chi connectivity index (χ4n) is 2.40. The molecule has 1 atom stereocenters. The lowest BCUT2D eigenvalue weighted by atomic mass is 10.1. The molecule has 1 N–H and O–H groups in total. The molecule has 6 nitrogen and oxygen atoms in total. The minimum atomic E-state index is -0.148. The molecule has 1 aliphatic rings. The zero-order chi connectivity index (χ0) is 14.7. The van der Waals surface area contributed by atoms with Crippen molar-refractivity contribution in [2.45, 2.75) is 25.8 Å². The number of ether oxygens (including phenoxy) is 1. The molecule has 3 heterocycles. The van der Waals surface area contributed by atoms with Crippen LogP contribution in [0.3, 0.4) is 0 Å². The summed E-state index contributed by atoms with van der Waals surface area (Å²) in [6.07, 6.45) is 7.07. The second-order valence-corrected chi connectivity index (χ2v) is 5.19. The van der Waals surface area contributed by atoms with Gasteiger partial charge in [0.05, 0.1) is 12.6 Å². The van der Waals surface area contributed by atoms with Crippen LogP contribution in [0.4, 0.5) is 0 Å². The maximum absolute atomic E-state index is 12.4. The van der Waals surface area contributed by atoms with Gasteiger partial charge in [0.25, 0.3) is 5.91 Å². The minimum Gasteiger partial charge on any atom is -0.379 e. The first-order valence-corrected chi connectivity index (χ1v) is 7.08. The average molecular weight is 286 g/mol. The first kappa shape index (κ1) is 13.8. The van der Waals surface area contributed by atoms with Crippen LogP contribution in [0.5, 0.6) is 0 Å². The number of rotatable bonds is 3. The predicted molar refractivity (Wildman–Crippen MR) is 77.4 cm³/mol. The van der Waals surface area contributed by atoms with Crippen molar-refractivity contribution >= 4 is 5.91 Å². The standard InChI is InChI=1S/C15H18N4O2/c1-11-4-5-13(19-7-6-16-10-19)18-14(11)15(20)17-12-3-2-8-21-9-12/h4-7,10,12H,2-3,8-9H2,1H3,(H,17,20)/t12-/m1/s1. The summed E-state index contributed by atoms with van der Waals surface area (Å²) >= 11 is 0. The number of nitrogens with one attached hydrogen (secondary N) is 1. The van der Waals surface area contributed by atoms with E-state index in [0.717, 1.165) is 25.0 Å². The van der Waals surface area contributed by atoms with E-state index in [1.54, 1.807) is 23.3 Å². The van der Waals surface area contributed by atoms with E-state index >= 15 is 0 Å². The maximum Gasteiger partial charge on any atom is 0.270 e. The van der Waals surface area contributed by atoms with Crippen LogP contribution in [0.1, 0.15) is 28.9 Å². The van der Waals surface area contributed by atoms with Gasteiger partial charge in [-0.1, -0.05) is 6.07 Å². The molecule has 0 aliphatic carbocycles. The second-order valence-electron chi connectivity index (χ2n) is 5.19.